The molecule has 0 unspecified atom stereocenters. The molecule has 0 amide bonds. The molecule has 1 N–H and O–H groups in total. The van der Waals surface area contributed by atoms with Crippen molar-refractivity contribution in [1.29, 1.82) is 0 Å². The molecule has 0 aliphatic heterocycles. The van der Waals surface area contributed by atoms with Crippen LogP contribution < -0.4 is 0 Å². The van der Waals surface area contributed by atoms with E-state index in [1.807, 2.05) is 0 Å². The molecule has 1 aliphatic carbocycles. The number of nitrogens with one attached hydrogen (secondary N) is 1. The molecule has 4 aromatic rings. The minimum atomic E-state index is 1.02. The summed E-state index contributed by atoms with van der Waals surface area (Å²) in [6.45, 7) is 8.48. The molecule has 0 saturated heterocycles. The summed E-state index contributed by atoms with van der Waals surface area (Å²) in [5.74, 6) is 0. The smallest absolute Gasteiger partial charge is 0.0737 e. The van der Waals surface area contributed by atoms with E-state index in [1.54, 1.807) is 0 Å². The van der Waals surface area contributed by atoms with Gasteiger partial charge in [-0.2, -0.15) is 0 Å². The van der Waals surface area contributed by atoms with Crippen molar-refractivity contribution in [2.45, 2.75) is 39.5 Å². The van der Waals surface area contributed by atoms with E-state index >= 15 is 0 Å². The quantitative estimate of drug-likeness (QED) is 0.432. The number of aryl methyl sites for hydroxylation is 3. The summed E-state index contributed by atoms with van der Waals surface area (Å²) in [5.41, 5.74) is 11.0. The first-order valence-electron chi connectivity index (χ1n) is 9.81. The van der Waals surface area contributed by atoms with Crippen LogP contribution in [0.2, 0.25) is 0 Å². The zero-order valence-electron chi connectivity index (χ0n) is 16.0. The predicted octanol–water partition coefficient (Wildman–Crippen LogP) is 6.60. The maximum atomic E-state index is 5.09. The number of rotatable bonds is 2. The number of aromatic nitrogens is 2. The van der Waals surface area contributed by atoms with Crippen LogP contribution in [0.1, 0.15) is 42.0 Å². The number of H-pyrrole nitrogens is 1. The van der Waals surface area contributed by atoms with Gasteiger partial charge in [0.2, 0.25) is 0 Å². The fraction of sp³-hybridized carbons (Fsp3) is 0.240. The molecule has 2 nitrogen and oxygen atoms in total. The lowest BCUT2D eigenvalue weighted by Crippen LogP contribution is -2.03. The zero-order valence-corrected chi connectivity index (χ0v) is 16.0. The number of pyridine rings is 1. The van der Waals surface area contributed by atoms with Crippen molar-refractivity contribution in [2.75, 3.05) is 0 Å². The predicted molar refractivity (Wildman–Crippen MR) is 115 cm³/mol. The van der Waals surface area contributed by atoms with Crippen LogP contribution in [-0.2, 0) is 12.8 Å². The molecule has 0 fully saturated rings. The Morgan fingerprint density at radius 2 is 1.78 bits per heavy atom. The second-order valence-corrected chi connectivity index (χ2v) is 7.93. The van der Waals surface area contributed by atoms with Crippen molar-refractivity contribution < 1.29 is 0 Å². The second kappa shape index (κ2) is 6.09. The summed E-state index contributed by atoms with van der Waals surface area (Å²) >= 11 is 0. The van der Waals surface area contributed by atoms with Gasteiger partial charge in [0.05, 0.1) is 11.2 Å². The lowest BCUT2D eigenvalue weighted by atomic mass is 9.88. The summed E-state index contributed by atoms with van der Waals surface area (Å²) < 4.78 is 0. The van der Waals surface area contributed by atoms with Crippen molar-refractivity contribution in [3.63, 3.8) is 0 Å². The van der Waals surface area contributed by atoms with Gasteiger partial charge in [0.25, 0.3) is 0 Å². The van der Waals surface area contributed by atoms with E-state index in [2.05, 4.69) is 68.0 Å². The molecule has 27 heavy (non-hydrogen) atoms. The van der Waals surface area contributed by atoms with Crippen LogP contribution >= 0.6 is 0 Å². The van der Waals surface area contributed by atoms with Gasteiger partial charge in [-0.25, -0.2) is 4.98 Å². The SMILES string of the molecule is C=C(C)c1cc(-c2c[nH]c3ccc(C)cc23)nc2cc3c(cc12)CCCC3. The van der Waals surface area contributed by atoms with E-state index in [9.17, 15) is 0 Å². The Bertz CT molecular complexity index is 1210. The van der Waals surface area contributed by atoms with Gasteiger partial charge in [0, 0.05) is 28.0 Å². The molecule has 134 valence electrons. The summed E-state index contributed by atoms with van der Waals surface area (Å²) in [4.78, 5) is 8.49. The van der Waals surface area contributed by atoms with Crippen molar-refractivity contribution in [2.24, 2.45) is 0 Å². The number of hydrogen-bond acceptors (Lipinski definition) is 1. The second-order valence-electron chi connectivity index (χ2n) is 7.93. The highest BCUT2D eigenvalue weighted by atomic mass is 14.7. The monoisotopic (exact) mass is 352 g/mol. The normalized spacial score (nSPS) is 13.9. The van der Waals surface area contributed by atoms with Gasteiger partial charge in [-0.3, -0.25) is 0 Å². The van der Waals surface area contributed by atoms with Crippen LogP contribution in [0, 0.1) is 6.92 Å². The first-order chi connectivity index (χ1) is 13.1. The molecule has 2 aromatic carbocycles. The van der Waals surface area contributed by atoms with Crippen LogP contribution in [0.3, 0.4) is 0 Å². The summed E-state index contributed by atoms with van der Waals surface area (Å²) in [6, 6.07) is 13.4. The van der Waals surface area contributed by atoms with E-state index in [-0.39, 0.29) is 0 Å². The Balaban J connectivity index is 1.79. The lowest BCUT2D eigenvalue weighted by molar-refractivity contribution is 0.687. The molecule has 5 rings (SSSR count). The molecule has 0 bridgehead atoms. The van der Waals surface area contributed by atoms with Gasteiger partial charge < -0.3 is 4.98 Å². The largest absolute Gasteiger partial charge is 0.360 e. The number of nitrogens with zero attached hydrogens (tertiary/aromatic N) is 1. The Hall–Kier alpha value is -2.87. The van der Waals surface area contributed by atoms with Gasteiger partial charge in [0.1, 0.15) is 0 Å². The van der Waals surface area contributed by atoms with Crippen LogP contribution in [0.4, 0.5) is 0 Å². The average molecular weight is 352 g/mol. The molecular formula is C25H24N2. The molecule has 1 aliphatic rings. The number of aromatic amines is 1. The summed E-state index contributed by atoms with van der Waals surface area (Å²) in [5, 5.41) is 2.47. The number of fused-ring (bicyclic) bond motifs is 3. The van der Waals surface area contributed by atoms with Crippen molar-refractivity contribution in [3.05, 3.63) is 71.4 Å². The third kappa shape index (κ3) is 2.68. The van der Waals surface area contributed by atoms with Gasteiger partial charge in [-0.1, -0.05) is 23.8 Å². The molecular weight excluding hydrogens is 328 g/mol. The molecule has 2 aromatic heterocycles. The molecule has 0 atom stereocenters. The Morgan fingerprint density at radius 3 is 2.56 bits per heavy atom. The van der Waals surface area contributed by atoms with E-state index in [0.29, 0.717) is 0 Å². The first kappa shape index (κ1) is 16.3. The topological polar surface area (TPSA) is 28.7 Å². The van der Waals surface area contributed by atoms with Crippen molar-refractivity contribution in [3.8, 4) is 11.3 Å². The van der Waals surface area contributed by atoms with E-state index in [1.165, 1.54) is 58.7 Å². The highest BCUT2D eigenvalue weighted by Gasteiger charge is 2.16. The molecule has 0 saturated carbocycles. The maximum Gasteiger partial charge on any atom is 0.0737 e. The van der Waals surface area contributed by atoms with Crippen LogP contribution in [-0.4, -0.2) is 9.97 Å². The Kier molecular flexibility index (Phi) is 3.68. The molecule has 0 spiro atoms. The van der Waals surface area contributed by atoms with E-state index in [0.717, 1.165) is 27.9 Å². The summed E-state index contributed by atoms with van der Waals surface area (Å²) in [7, 11) is 0. The van der Waals surface area contributed by atoms with E-state index in [4.69, 9.17) is 4.98 Å². The standard InChI is InChI=1S/C25H24N2/c1-15(2)19-13-25(22-14-26-23-9-8-16(3)10-20(22)23)27-24-12-18-7-5-4-6-17(18)11-21(19)24/h8-14,26H,1,4-7H2,2-3H3. The highest BCUT2D eigenvalue weighted by Crippen LogP contribution is 2.35. The highest BCUT2D eigenvalue weighted by molar-refractivity contribution is 5.99. The van der Waals surface area contributed by atoms with Gasteiger partial charge in [-0.15, -0.1) is 0 Å². The van der Waals surface area contributed by atoms with Crippen molar-refractivity contribution >= 4 is 27.4 Å². The number of benzene rings is 2. The van der Waals surface area contributed by atoms with Crippen molar-refractivity contribution in [1.82, 2.24) is 9.97 Å². The maximum absolute atomic E-state index is 5.09. The van der Waals surface area contributed by atoms with E-state index < -0.39 is 0 Å². The minimum absolute atomic E-state index is 1.02. The van der Waals surface area contributed by atoms with Gasteiger partial charge in [0.15, 0.2) is 0 Å². The third-order valence-electron chi connectivity index (χ3n) is 5.85. The number of hydrogen-bond donors (Lipinski definition) is 1. The number of allylic oxidation sites excluding steroid dienone is 1. The fourth-order valence-electron chi connectivity index (χ4n) is 4.39. The lowest BCUT2D eigenvalue weighted by Gasteiger charge is -2.18. The van der Waals surface area contributed by atoms with Gasteiger partial charge in [-0.05, 0) is 86.6 Å². The van der Waals surface area contributed by atoms with Crippen LogP contribution in [0.5, 0.6) is 0 Å². The fourth-order valence-corrected chi connectivity index (χ4v) is 4.39. The van der Waals surface area contributed by atoms with Crippen LogP contribution in [0.15, 0.2) is 49.2 Å². The Morgan fingerprint density at radius 1 is 1.00 bits per heavy atom. The molecule has 2 heterocycles. The molecule has 0 radical (unpaired) electrons. The molecule has 2 heteroatoms. The summed E-state index contributed by atoms with van der Waals surface area (Å²) in [6.07, 6.45) is 7.02. The first-order valence-corrected chi connectivity index (χ1v) is 9.81. The Labute approximate surface area is 160 Å². The third-order valence-corrected chi connectivity index (χ3v) is 5.85. The average Bonchev–Trinajstić information content (AvgIpc) is 3.08. The zero-order chi connectivity index (χ0) is 18.5. The van der Waals surface area contributed by atoms with Gasteiger partial charge >= 0.3 is 0 Å². The van der Waals surface area contributed by atoms with Crippen LogP contribution in [0.25, 0.3) is 38.6 Å². The minimum Gasteiger partial charge on any atom is -0.360 e.